The van der Waals surface area contributed by atoms with E-state index < -0.39 is 0 Å². The zero-order chi connectivity index (χ0) is 8.13. The smallest absolute Gasteiger partial charge is 0.0103 e. The molecule has 2 saturated heterocycles. The van der Waals surface area contributed by atoms with E-state index in [1.807, 2.05) is 0 Å². The van der Waals surface area contributed by atoms with Crippen molar-refractivity contribution in [1.82, 2.24) is 4.90 Å². The van der Waals surface area contributed by atoms with Crippen LogP contribution in [0.15, 0.2) is 0 Å². The minimum atomic E-state index is 0.992. The summed E-state index contributed by atoms with van der Waals surface area (Å²) >= 11 is 0. The SMILES string of the molecule is CCN1C2CC3CC(C2)CC1C3. The Bertz CT molecular complexity index is 159. The number of piperidine rings is 2. The first-order valence-electron chi connectivity index (χ1n) is 5.62. The maximum Gasteiger partial charge on any atom is 0.0103 e. The van der Waals surface area contributed by atoms with Crippen molar-refractivity contribution in [3.63, 3.8) is 0 Å². The average molecular weight is 165 g/mol. The molecule has 0 aromatic carbocycles. The summed E-state index contributed by atoms with van der Waals surface area (Å²) in [6.07, 6.45) is 7.69. The molecule has 0 N–H and O–H groups in total. The average Bonchev–Trinajstić information content (AvgIpc) is 2.02. The van der Waals surface area contributed by atoms with Gasteiger partial charge in [-0.25, -0.2) is 0 Å². The van der Waals surface area contributed by atoms with Gasteiger partial charge in [0.2, 0.25) is 0 Å². The second-order valence-electron chi connectivity index (χ2n) is 5.05. The van der Waals surface area contributed by atoms with Crippen LogP contribution in [0, 0.1) is 11.8 Å². The zero-order valence-corrected chi connectivity index (χ0v) is 8.00. The standard InChI is InChI=1S/C11H19N/c1-2-12-10-4-8-3-9(6-10)7-11(12)5-8/h8-11H,2-7H2,1H3. The lowest BCUT2D eigenvalue weighted by Crippen LogP contribution is -2.57. The Morgan fingerprint density at radius 1 is 0.917 bits per heavy atom. The molecule has 1 nitrogen and oxygen atoms in total. The van der Waals surface area contributed by atoms with Gasteiger partial charge < -0.3 is 0 Å². The molecule has 2 saturated carbocycles. The van der Waals surface area contributed by atoms with Gasteiger partial charge in [-0.3, -0.25) is 4.90 Å². The molecule has 0 spiro atoms. The molecule has 0 aromatic rings. The Hall–Kier alpha value is -0.0400. The lowest BCUT2D eigenvalue weighted by atomic mass is 9.64. The van der Waals surface area contributed by atoms with E-state index in [2.05, 4.69) is 11.8 Å². The maximum absolute atomic E-state index is 2.78. The lowest BCUT2D eigenvalue weighted by molar-refractivity contribution is -0.0555. The molecular formula is C11H19N. The van der Waals surface area contributed by atoms with Gasteiger partial charge in [0, 0.05) is 12.1 Å². The zero-order valence-electron chi connectivity index (χ0n) is 8.00. The molecule has 2 heterocycles. The fourth-order valence-corrected chi connectivity index (χ4v) is 4.14. The molecule has 2 aliphatic carbocycles. The maximum atomic E-state index is 2.78. The van der Waals surface area contributed by atoms with Gasteiger partial charge in [0.15, 0.2) is 0 Å². The van der Waals surface area contributed by atoms with Gasteiger partial charge in [-0.05, 0) is 50.5 Å². The van der Waals surface area contributed by atoms with Crippen molar-refractivity contribution in [3.05, 3.63) is 0 Å². The van der Waals surface area contributed by atoms with Crippen LogP contribution in [0.5, 0.6) is 0 Å². The number of hydrogen-bond acceptors (Lipinski definition) is 1. The Morgan fingerprint density at radius 3 is 1.83 bits per heavy atom. The van der Waals surface area contributed by atoms with Crippen molar-refractivity contribution in [2.24, 2.45) is 11.8 Å². The Labute approximate surface area is 75.1 Å². The van der Waals surface area contributed by atoms with Crippen LogP contribution in [0.3, 0.4) is 0 Å². The Kier molecular flexibility index (Phi) is 1.52. The van der Waals surface area contributed by atoms with Crippen molar-refractivity contribution >= 4 is 0 Å². The lowest BCUT2D eigenvalue weighted by Gasteiger charge is -2.56. The highest BCUT2D eigenvalue weighted by molar-refractivity contribution is 5.00. The first-order chi connectivity index (χ1) is 5.86. The van der Waals surface area contributed by atoms with E-state index >= 15 is 0 Å². The van der Waals surface area contributed by atoms with Crippen LogP contribution in [0.2, 0.25) is 0 Å². The van der Waals surface area contributed by atoms with Gasteiger partial charge in [-0.2, -0.15) is 0 Å². The first-order valence-corrected chi connectivity index (χ1v) is 5.62. The topological polar surface area (TPSA) is 3.24 Å². The van der Waals surface area contributed by atoms with Gasteiger partial charge in [0.1, 0.15) is 0 Å². The summed E-state index contributed by atoms with van der Waals surface area (Å²) in [6.45, 7) is 3.64. The van der Waals surface area contributed by atoms with Crippen LogP contribution in [0.4, 0.5) is 0 Å². The molecule has 12 heavy (non-hydrogen) atoms. The largest absolute Gasteiger partial charge is 0.298 e. The molecule has 68 valence electrons. The highest BCUT2D eigenvalue weighted by Gasteiger charge is 2.45. The molecule has 0 atom stereocenters. The molecule has 4 aliphatic rings. The van der Waals surface area contributed by atoms with E-state index in [0.29, 0.717) is 0 Å². The van der Waals surface area contributed by atoms with Crippen molar-refractivity contribution in [3.8, 4) is 0 Å². The second kappa shape index (κ2) is 2.47. The van der Waals surface area contributed by atoms with Crippen LogP contribution in [0.25, 0.3) is 0 Å². The normalized spacial score (nSPS) is 51.8. The van der Waals surface area contributed by atoms with Gasteiger partial charge in [0.05, 0.1) is 0 Å². The molecule has 0 unspecified atom stereocenters. The van der Waals surface area contributed by atoms with Crippen LogP contribution < -0.4 is 0 Å². The Morgan fingerprint density at radius 2 is 1.42 bits per heavy atom. The predicted octanol–water partition coefficient (Wildman–Crippen LogP) is 2.27. The number of rotatable bonds is 1. The fourth-order valence-electron chi connectivity index (χ4n) is 4.14. The van der Waals surface area contributed by atoms with Crippen molar-refractivity contribution < 1.29 is 0 Å². The summed E-state index contributed by atoms with van der Waals surface area (Å²) in [6, 6.07) is 1.98. The minimum Gasteiger partial charge on any atom is -0.298 e. The minimum absolute atomic E-state index is 0.992. The van der Waals surface area contributed by atoms with E-state index in [0.717, 1.165) is 23.9 Å². The van der Waals surface area contributed by atoms with E-state index in [-0.39, 0.29) is 0 Å². The number of nitrogens with zero attached hydrogens (tertiary/aromatic N) is 1. The molecular weight excluding hydrogens is 146 g/mol. The predicted molar refractivity (Wildman–Crippen MR) is 50.0 cm³/mol. The quantitative estimate of drug-likeness (QED) is 0.576. The van der Waals surface area contributed by atoms with Crippen molar-refractivity contribution in [2.75, 3.05) is 6.54 Å². The summed E-state index contributed by atoms with van der Waals surface area (Å²) in [5.41, 5.74) is 0. The highest BCUT2D eigenvalue weighted by atomic mass is 15.2. The fraction of sp³-hybridized carbons (Fsp3) is 1.00. The van der Waals surface area contributed by atoms with Crippen molar-refractivity contribution in [2.45, 2.75) is 51.1 Å². The summed E-state index contributed by atoms with van der Waals surface area (Å²) in [7, 11) is 0. The Balaban J connectivity index is 1.86. The van der Waals surface area contributed by atoms with Gasteiger partial charge in [-0.15, -0.1) is 0 Å². The van der Waals surface area contributed by atoms with Gasteiger partial charge in [0.25, 0.3) is 0 Å². The summed E-state index contributed by atoms with van der Waals surface area (Å²) in [5, 5.41) is 0. The molecule has 4 rings (SSSR count). The second-order valence-corrected chi connectivity index (χ2v) is 5.05. The summed E-state index contributed by atoms with van der Waals surface area (Å²) < 4.78 is 0. The first kappa shape index (κ1) is 7.37. The van der Waals surface area contributed by atoms with Crippen LogP contribution in [-0.4, -0.2) is 23.5 Å². The van der Waals surface area contributed by atoms with E-state index in [1.54, 1.807) is 6.42 Å². The third-order valence-electron chi connectivity index (χ3n) is 4.39. The van der Waals surface area contributed by atoms with Gasteiger partial charge in [-0.1, -0.05) is 6.92 Å². The molecule has 1 heteroatoms. The third-order valence-corrected chi connectivity index (χ3v) is 4.39. The molecule has 4 bridgehead atoms. The van der Waals surface area contributed by atoms with Crippen molar-refractivity contribution in [1.29, 1.82) is 0 Å². The third kappa shape index (κ3) is 0.891. The van der Waals surface area contributed by atoms with E-state index in [4.69, 9.17) is 0 Å². The van der Waals surface area contributed by atoms with E-state index in [9.17, 15) is 0 Å². The molecule has 0 radical (unpaired) electrons. The summed E-state index contributed by atoms with van der Waals surface area (Å²) in [4.78, 5) is 2.78. The monoisotopic (exact) mass is 165 g/mol. The van der Waals surface area contributed by atoms with E-state index in [1.165, 1.54) is 32.2 Å². The van der Waals surface area contributed by atoms with Gasteiger partial charge >= 0.3 is 0 Å². The van der Waals surface area contributed by atoms with Crippen LogP contribution in [0.1, 0.15) is 39.0 Å². The van der Waals surface area contributed by atoms with Crippen LogP contribution >= 0.6 is 0 Å². The summed E-state index contributed by atoms with van der Waals surface area (Å²) in [5.74, 6) is 2.24. The molecule has 4 fully saturated rings. The molecule has 0 amide bonds. The number of hydrogen-bond donors (Lipinski definition) is 0. The highest BCUT2D eigenvalue weighted by Crippen LogP contribution is 2.48. The molecule has 2 aliphatic heterocycles. The molecule has 0 aromatic heterocycles. The van der Waals surface area contributed by atoms with Crippen LogP contribution in [-0.2, 0) is 0 Å².